The molecular weight excluding hydrogens is 328 g/mol. The average molecular weight is 351 g/mol. The van der Waals surface area contributed by atoms with Crippen LogP contribution in [0.15, 0.2) is 5.16 Å². The highest BCUT2D eigenvalue weighted by atomic mass is 32.2. The summed E-state index contributed by atoms with van der Waals surface area (Å²) in [7, 11) is 2.18. The van der Waals surface area contributed by atoms with Crippen LogP contribution in [0.2, 0.25) is 0 Å². The Morgan fingerprint density at radius 3 is 3.13 bits per heavy atom. The fourth-order valence-corrected chi connectivity index (χ4v) is 5.06. The Hall–Kier alpha value is -0.890. The summed E-state index contributed by atoms with van der Waals surface area (Å²) >= 11 is 3.43. The summed E-state index contributed by atoms with van der Waals surface area (Å²) in [5.74, 6) is 0.997. The Balaban J connectivity index is 1.71. The number of likely N-dealkylation sites (N-methyl/N-ethyl adjacent to an activating group) is 1. The first-order valence-electron chi connectivity index (χ1n) is 8.15. The molecule has 2 aromatic heterocycles. The largest absolute Gasteiger partial charge is 0.376 e. The summed E-state index contributed by atoms with van der Waals surface area (Å²) in [5.41, 5.74) is 1.45. The summed E-state index contributed by atoms with van der Waals surface area (Å²) < 4.78 is 5.74. The number of anilines is 1. The zero-order chi connectivity index (χ0) is 15.8. The summed E-state index contributed by atoms with van der Waals surface area (Å²) in [6.07, 6.45) is 5.75. The second-order valence-corrected chi connectivity index (χ2v) is 8.10. The molecule has 4 heterocycles. The quantitative estimate of drug-likeness (QED) is 0.676. The monoisotopic (exact) mass is 350 g/mol. The lowest BCUT2D eigenvalue weighted by Gasteiger charge is -2.22. The van der Waals surface area contributed by atoms with Crippen molar-refractivity contribution in [1.82, 2.24) is 14.9 Å². The third-order valence-corrected chi connectivity index (χ3v) is 6.23. The molecule has 0 spiro atoms. The van der Waals surface area contributed by atoms with Crippen LogP contribution >= 0.6 is 23.1 Å². The summed E-state index contributed by atoms with van der Waals surface area (Å²) in [6, 6.07) is 0. The molecule has 0 amide bonds. The Morgan fingerprint density at radius 2 is 2.35 bits per heavy atom. The van der Waals surface area contributed by atoms with Crippen molar-refractivity contribution in [3.63, 3.8) is 0 Å². The average Bonchev–Trinajstić information content (AvgIpc) is 3.18. The zero-order valence-electron chi connectivity index (χ0n) is 13.6. The molecule has 0 aromatic carbocycles. The molecule has 1 atom stereocenters. The van der Waals surface area contributed by atoms with Gasteiger partial charge in [-0.2, -0.15) is 0 Å². The van der Waals surface area contributed by atoms with Crippen LogP contribution in [0.4, 0.5) is 5.82 Å². The van der Waals surface area contributed by atoms with E-state index in [1.807, 2.05) is 17.6 Å². The topological polar surface area (TPSA) is 50.3 Å². The van der Waals surface area contributed by atoms with Crippen molar-refractivity contribution in [1.29, 1.82) is 0 Å². The van der Waals surface area contributed by atoms with E-state index < -0.39 is 0 Å². The molecule has 4 rings (SSSR count). The minimum atomic E-state index is 0.318. The molecule has 0 radical (unpaired) electrons. The number of rotatable bonds is 4. The first-order chi connectivity index (χ1) is 11.2. The maximum atomic E-state index is 5.74. The summed E-state index contributed by atoms with van der Waals surface area (Å²) in [6.45, 7) is 3.86. The van der Waals surface area contributed by atoms with Gasteiger partial charge in [0.1, 0.15) is 10.6 Å². The smallest absolute Gasteiger partial charge is 0.190 e. The number of fused-ring (bicyclic) bond motifs is 3. The third-order valence-electron chi connectivity index (χ3n) is 4.57. The van der Waals surface area contributed by atoms with Crippen LogP contribution in [-0.4, -0.2) is 54.0 Å². The molecule has 0 aliphatic carbocycles. The van der Waals surface area contributed by atoms with E-state index in [9.17, 15) is 0 Å². The fourth-order valence-electron chi connectivity index (χ4n) is 3.34. The van der Waals surface area contributed by atoms with Crippen molar-refractivity contribution >= 4 is 39.1 Å². The van der Waals surface area contributed by atoms with Gasteiger partial charge in [0.05, 0.1) is 11.5 Å². The second-order valence-electron chi connectivity index (χ2n) is 6.25. The number of aromatic nitrogens is 2. The predicted octanol–water partition coefficient (Wildman–Crippen LogP) is 2.99. The van der Waals surface area contributed by atoms with Gasteiger partial charge in [0.2, 0.25) is 0 Å². The van der Waals surface area contributed by atoms with Crippen LogP contribution in [0.25, 0.3) is 10.2 Å². The first-order valence-corrected chi connectivity index (χ1v) is 10.2. The van der Waals surface area contributed by atoms with Crippen LogP contribution in [0, 0.1) is 0 Å². The van der Waals surface area contributed by atoms with Gasteiger partial charge in [0.25, 0.3) is 0 Å². The molecule has 2 aromatic rings. The summed E-state index contributed by atoms with van der Waals surface area (Å²) in [4.78, 5) is 14.4. The lowest BCUT2D eigenvalue weighted by molar-refractivity contribution is 0.120. The van der Waals surface area contributed by atoms with Crippen LogP contribution in [0.3, 0.4) is 0 Å². The van der Waals surface area contributed by atoms with Crippen LogP contribution in [0.1, 0.15) is 23.3 Å². The number of hydrogen-bond donors (Lipinski definition) is 1. The van der Waals surface area contributed by atoms with E-state index in [4.69, 9.17) is 14.7 Å². The molecule has 0 bridgehead atoms. The lowest BCUT2D eigenvalue weighted by atomic mass is 10.1. The van der Waals surface area contributed by atoms with Gasteiger partial charge in [-0.15, -0.1) is 11.3 Å². The number of ether oxygens (including phenoxy) is 1. The molecule has 7 heteroatoms. The van der Waals surface area contributed by atoms with Crippen molar-refractivity contribution in [2.24, 2.45) is 0 Å². The molecule has 1 unspecified atom stereocenters. The molecule has 5 nitrogen and oxygen atoms in total. The Morgan fingerprint density at radius 1 is 1.43 bits per heavy atom. The standard InChI is InChI=1S/C16H22N4OS2/c1-20-6-5-11-12(9-20)23-15-13(11)14(18-16(19-15)22-2)17-8-10-4-3-7-21-10/h10H,3-9H2,1-2H3,(H,17,18,19). The van der Waals surface area contributed by atoms with Crippen molar-refractivity contribution in [2.45, 2.75) is 37.1 Å². The van der Waals surface area contributed by atoms with Crippen LogP contribution in [-0.2, 0) is 17.7 Å². The van der Waals surface area contributed by atoms with Gasteiger partial charge in [-0.1, -0.05) is 11.8 Å². The number of hydrogen-bond acceptors (Lipinski definition) is 7. The van der Waals surface area contributed by atoms with Gasteiger partial charge in [-0.25, -0.2) is 9.97 Å². The summed E-state index contributed by atoms with van der Waals surface area (Å²) in [5, 5.41) is 5.65. The minimum absolute atomic E-state index is 0.318. The molecule has 124 valence electrons. The van der Waals surface area contributed by atoms with Crippen molar-refractivity contribution in [2.75, 3.05) is 38.3 Å². The Bertz CT molecular complexity index is 712. The van der Waals surface area contributed by atoms with Crippen LogP contribution in [0.5, 0.6) is 0 Å². The number of nitrogens with zero attached hydrogens (tertiary/aromatic N) is 3. The number of thiophene rings is 1. The van der Waals surface area contributed by atoms with Crippen LogP contribution < -0.4 is 5.32 Å². The molecular formula is C16H22N4OS2. The van der Waals surface area contributed by atoms with E-state index in [0.29, 0.717) is 6.10 Å². The van der Waals surface area contributed by atoms with E-state index in [1.54, 1.807) is 11.8 Å². The highest BCUT2D eigenvalue weighted by molar-refractivity contribution is 7.98. The van der Waals surface area contributed by atoms with E-state index in [2.05, 4.69) is 17.3 Å². The van der Waals surface area contributed by atoms with E-state index in [1.165, 1.54) is 22.2 Å². The number of thioether (sulfide) groups is 1. The highest BCUT2D eigenvalue weighted by Crippen LogP contribution is 2.38. The van der Waals surface area contributed by atoms with Crippen molar-refractivity contribution in [3.8, 4) is 0 Å². The van der Waals surface area contributed by atoms with Gasteiger partial charge in [-0.05, 0) is 38.1 Å². The van der Waals surface area contributed by atoms with Gasteiger partial charge in [-0.3, -0.25) is 0 Å². The third kappa shape index (κ3) is 3.07. The maximum Gasteiger partial charge on any atom is 0.190 e. The molecule has 1 N–H and O–H groups in total. The van der Waals surface area contributed by atoms with Gasteiger partial charge >= 0.3 is 0 Å². The van der Waals surface area contributed by atoms with E-state index in [-0.39, 0.29) is 0 Å². The molecule has 1 saturated heterocycles. The molecule has 23 heavy (non-hydrogen) atoms. The van der Waals surface area contributed by atoms with Gasteiger partial charge in [0, 0.05) is 31.1 Å². The molecule has 1 fully saturated rings. The fraction of sp³-hybridized carbons (Fsp3) is 0.625. The Kier molecular flexibility index (Phi) is 4.45. The van der Waals surface area contributed by atoms with Crippen molar-refractivity contribution < 1.29 is 4.74 Å². The normalized spacial score (nSPS) is 21.7. The van der Waals surface area contributed by atoms with Gasteiger partial charge in [0.15, 0.2) is 5.16 Å². The molecule has 2 aliphatic heterocycles. The maximum absolute atomic E-state index is 5.74. The zero-order valence-corrected chi connectivity index (χ0v) is 15.2. The molecule has 0 saturated carbocycles. The Labute approximate surface area is 144 Å². The van der Waals surface area contributed by atoms with E-state index >= 15 is 0 Å². The van der Waals surface area contributed by atoms with Gasteiger partial charge < -0.3 is 15.0 Å². The second kappa shape index (κ2) is 6.55. The molecule has 2 aliphatic rings. The first kappa shape index (κ1) is 15.6. The lowest BCUT2D eigenvalue weighted by Crippen LogP contribution is -2.25. The van der Waals surface area contributed by atoms with Crippen molar-refractivity contribution in [3.05, 3.63) is 10.4 Å². The number of nitrogens with one attached hydrogen (secondary N) is 1. The SMILES string of the molecule is CSc1nc(NCC2CCCO2)c2c3c(sc2n1)CN(C)CC3. The van der Waals surface area contributed by atoms with E-state index in [0.717, 1.165) is 54.9 Å². The predicted molar refractivity (Wildman–Crippen MR) is 96.7 cm³/mol. The highest BCUT2D eigenvalue weighted by Gasteiger charge is 2.24. The minimum Gasteiger partial charge on any atom is -0.376 e.